The summed E-state index contributed by atoms with van der Waals surface area (Å²) in [6.45, 7) is 1.75. The fourth-order valence-electron chi connectivity index (χ4n) is 3.18. The smallest absolute Gasteiger partial charge is 0.226 e. The van der Waals surface area contributed by atoms with Gasteiger partial charge in [-0.05, 0) is 12.1 Å². The summed E-state index contributed by atoms with van der Waals surface area (Å²) in [5.41, 5.74) is 0.969. The van der Waals surface area contributed by atoms with Gasteiger partial charge in [0.05, 0.1) is 25.0 Å². The lowest BCUT2D eigenvalue weighted by Gasteiger charge is -2.23. The molecule has 0 saturated heterocycles. The molecular weight excluding hydrogens is 322 g/mol. The van der Waals surface area contributed by atoms with Crippen molar-refractivity contribution in [3.63, 3.8) is 0 Å². The van der Waals surface area contributed by atoms with Crippen molar-refractivity contribution in [2.45, 2.75) is 25.4 Å². The highest BCUT2D eigenvalue weighted by atomic mass is 16.5. The highest BCUT2D eigenvalue weighted by molar-refractivity contribution is 5.94. The second kappa shape index (κ2) is 6.56. The predicted molar refractivity (Wildman–Crippen MR) is 89.2 cm³/mol. The molecule has 25 heavy (non-hydrogen) atoms. The van der Waals surface area contributed by atoms with E-state index < -0.39 is 0 Å². The van der Waals surface area contributed by atoms with Gasteiger partial charge in [0.2, 0.25) is 5.91 Å². The van der Waals surface area contributed by atoms with Crippen LogP contribution in [0.4, 0.5) is 5.82 Å². The van der Waals surface area contributed by atoms with Crippen LogP contribution in [0.1, 0.15) is 29.5 Å². The van der Waals surface area contributed by atoms with Crippen molar-refractivity contribution in [2.75, 3.05) is 19.0 Å². The Morgan fingerprint density at radius 3 is 3.20 bits per heavy atom. The van der Waals surface area contributed by atoms with Crippen LogP contribution in [0.2, 0.25) is 0 Å². The van der Waals surface area contributed by atoms with Gasteiger partial charge >= 0.3 is 0 Å². The van der Waals surface area contributed by atoms with Crippen molar-refractivity contribution in [3.05, 3.63) is 54.1 Å². The lowest BCUT2D eigenvalue weighted by molar-refractivity contribution is -0.116. The quantitative estimate of drug-likeness (QED) is 0.739. The van der Waals surface area contributed by atoms with E-state index in [1.807, 2.05) is 22.9 Å². The Morgan fingerprint density at radius 2 is 2.40 bits per heavy atom. The number of carbonyl (C=O) groups is 1. The number of methoxy groups -OCH3 is 1. The highest BCUT2D eigenvalue weighted by Crippen LogP contribution is 2.36. The molecule has 1 N–H and O–H groups in total. The second-order valence-corrected chi connectivity index (χ2v) is 5.96. The molecule has 0 radical (unpaired) electrons. The van der Waals surface area contributed by atoms with E-state index in [2.05, 4.69) is 15.4 Å². The second-order valence-electron chi connectivity index (χ2n) is 5.96. The number of nitrogens with one attached hydrogen (secondary N) is 1. The van der Waals surface area contributed by atoms with Crippen LogP contribution in [0.5, 0.6) is 0 Å². The molecule has 3 aromatic rings. The molecule has 1 atom stereocenters. The van der Waals surface area contributed by atoms with Gasteiger partial charge in [-0.1, -0.05) is 0 Å². The van der Waals surface area contributed by atoms with E-state index in [-0.39, 0.29) is 11.8 Å². The Morgan fingerprint density at radius 1 is 1.48 bits per heavy atom. The van der Waals surface area contributed by atoms with Gasteiger partial charge in [0.25, 0.3) is 0 Å². The summed E-state index contributed by atoms with van der Waals surface area (Å²) < 4.78 is 14.3. The molecule has 8 nitrogen and oxygen atoms in total. The van der Waals surface area contributed by atoms with Crippen LogP contribution in [-0.2, 0) is 22.6 Å². The van der Waals surface area contributed by atoms with E-state index in [0.29, 0.717) is 31.9 Å². The monoisotopic (exact) mass is 341 g/mol. The fourth-order valence-corrected chi connectivity index (χ4v) is 3.18. The van der Waals surface area contributed by atoms with Crippen LogP contribution in [0.25, 0.3) is 0 Å². The zero-order chi connectivity index (χ0) is 17.2. The number of amides is 1. The normalized spacial score (nSPS) is 16.7. The van der Waals surface area contributed by atoms with Crippen LogP contribution < -0.4 is 5.32 Å². The van der Waals surface area contributed by atoms with Gasteiger partial charge < -0.3 is 19.0 Å². The summed E-state index contributed by atoms with van der Waals surface area (Å²) in [5.74, 6) is 2.18. The topological polar surface area (TPSA) is 87.1 Å². The summed E-state index contributed by atoms with van der Waals surface area (Å²) in [7, 11) is 1.67. The lowest BCUT2D eigenvalue weighted by atomic mass is 9.93. The van der Waals surface area contributed by atoms with Crippen molar-refractivity contribution < 1.29 is 13.9 Å². The standard InChI is InChI=1S/C17H19N5O3/c1-24-8-6-21-5-4-18-16(21)13-9-15(23)20-17-14(13)10-19-22(17)11-12-3-2-7-25-12/h2-5,7,10,13H,6,8-9,11H2,1H3,(H,20,23). The zero-order valence-electron chi connectivity index (χ0n) is 13.9. The van der Waals surface area contributed by atoms with Gasteiger partial charge in [0.1, 0.15) is 23.9 Å². The van der Waals surface area contributed by atoms with Gasteiger partial charge in [-0.25, -0.2) is 9.67 Å². The van der Waals surface area contributed by atoms with E-state index in [4.69, 9.17) is 9.15 Å². The Bertz CT molecular complexity index is 865. The Balaban J connectivity index is 1.67. The molecule has 0 bridgehead atoms. The number of nitrogens with zero attached hydrogens (tertiary/aromatic N) is 4. The highest BCUT2D eigenvalue weighted by Gasteiger charge is 2.32. The average molecular weight is 341 g/mol. The molecular formula is C17H19N5O3. The number of anilines is 1. The number of hydrogen-bond donors (Lipinski definition) is 1. The minimum Gasteiger partial charge on any atom is -0.467 e. The molecule has 1 unspecified atom stereocenters. The molecule has 0 aromatic carbocycles. The fraction of sp³-hybridized carbons (Fsp3) is 0.353. The summed E-state index contributed by atoms with van der Waals surface area (Å²) >= 11 is 0. The first-order valence-electron chi connectivity index (χ1n) is 8.14. The third-order valence-electron chi connectivity index (χ3n) is 4.37. The predicted octanol–water partition coefficient (Wildman–Crippen LogP) is 1.84. The van der Waals surface area contributed by atoms with E-state index in [9.17, 15) is 4.79 Å². The molecule has 1 amide bonds. The number of carbonyl (C=O) groups excluding carboxylic acids is 1. The first-order valence-corrected chi connectivity index (χ1v) is 8.14. The first-order chi connectivity index (χ1) is 12.3. The van der Waals surface area contributed by atoms with E-state index >= 15 is 0 Å². The maximum Gasteiger partial charge on any atom is 0.226 e. The van der Waals surface area contributed by atoms with Gasteiger partial charge in [-0.15, -0.1) is 0 Å². The molecule has 1 aliphatic rings. The van der Waals surface area contributed by atoms with Crippen LogP contribution in [0.15, 0.2) is 41.4 Å². The van der Waals surface area contributed by atoms with Crippen molar-refractivity contribution in [2.24, 2.45) is 0 Å². The van der Waals surface area contributed by atoms with Gasteiger partial charge in [0, 0.05) is 38.0 Å². The van der Waals surface area contributed by atoms with E-state index in [0.717, 1.165) is 17.1 Å². The third-order valence-corrected chi connectivity index (χ3v) is 4.37. The number of ether oxygens (including phenoxy) is 1. The first kappa shape index (κ1) is 15.6. The number of imidazole rings is 1. The lowest BCUT2D eigenvalue weighted by Crippen LogP contribution is -2.26. The van der Waals surface area contributed by atoms with Crippen LogP contribution in [0.3, 0.4) is 0 Å². The third kappa shape index (κ3) is 2.96. The van der Waals surface area contributed by atoms with Crippen molar-refractivity contribution in [1.82, 2.24) is 19.3 Å². The van der Waals surface area contributed by atoms with Crippen LogP contribution in [0, 0.1) is 0 Å². The maximum absolute atomic E-state index is 12.3. The largest absolute Gasteiger partial charge is 0.467 e. The Kier molecular flexibility index (Phi) is 4.10. The summed E-state index contributed by atoms with van der Waals surface area (Å²) in [6, 6.07) is 3.72. The molecule has 8 heteroatoms. The van der Waals surface area contributed by atoms with Crippen molar-refractivity contribution >= 4 is 11.7 Å². The molecule has 0 saturated carbocycles. The number of aromatic nitrogens is 4. The average Bonchev–Trinajstić information content (AvgIpc) is 3.34. The zero-order valence-corrected chi connectivity index (χ0v) is 13.9. The summed E-state index contributed by atoms with van der Waals surface area (Å²) in [5, 5.41) is 7.37. The molecule has 0 spiro atoms. The van der Waals surface area contributed by atoms with E-state index in [1.165, 1.54) is 0 Å². The molecule has 3 aromatic heterocycles. The number of furan rings is 1. The number of fused-ring (bicyclic) bond motifs is 1. The van der Waals surface area contributed by atoms with E-state index in [1.54, 1.807) is 30.4 Å². The SMILES string of the molecule is COCCn1ccnc1C1CC(=O)Nc2c1cnn2Cc1ccco1. The number of hydrogen-bond acceptors (Lipinski definition) is 5. The molecule has 130 valence electrons. The minimum absolute atomic E-state index is 0.0417. The van der Waals surface area contributed by atoms with Gasteiger partial charge in [-0.2, -0.15) is 5.10 Å². The van der Waals surface area contributed by atoms with Crippen molar-refractivity contribution in [1.29, 1.82) is 0 Å². The minimum atomic E-state index is -0.124. The summed E-state index contributed by atoms with van der Waals surface area (Å²) in [4.78, 5) is 16.8. The van der Waals surface area contributed by atoms with Gasteiger partial charge in [0.15, 0.2) is 0 Å². The van der Waals surface area contributed by atoms with Gasteiger partial charge in [-0.3, -0.25) is 4.79 Å². The van der Waals surface area contributed by atoms with Crippen LogP contribution in [-0.4, -0.2) is 39.0 Å². The molecule has 1 aliphatic heterocycles. The Labute approximate surface area is 144 Å². The number of rotatable bonds is 6. The summed E-state index contributed by atoms with van der Waals surface area (Å²) in [6.07, 6.45) is 7.44. The van der Waals surface area contributed by atoms with Crippen molar-refractivity contribution in [3.8, 4) is 0 Å². The molecule has 4 heterocycles. The molecule has 4 rings (SSSR count). The molecule has 0 fully saturated rings. The molecule has 0 aliphatic carbocycles. The maximum atomic E-state index is 12.3. The van der Waals surface area contributed by atoms with Crippen LogP contribution >= 0.6 is 0 Å². The Hall–Kier alpha value is -2.87.